The molecule has 0 saturated carbocycles. The molecule has 1 amide bonds. The number of carbonyl (C=O) groups is 1. The summed E-state index contributed by atoms with van der Waals surface area (Å²) in [6.07, 6.45) is 1.66. The predicted molar refractivity (Wildman–Crippen MR) is 112 cm³/mol. The van der Waals surface area contributed by atoms with Crippen molar-refractivity contribution < 1.29 is 13.2 Å². The minimum Gasteiger partial charge on any atom is -0.324 e. The van der Waals surface area contributed by atoms with Crippen molar-refractivity contribution in [2.75, 3.05) is 18.4 Å². The number of aromatic nitrogens is 2. The molecule has 156 valence electrons. The van der Waals surface area contributed by atoms with Crippen molar-refractivity contribution in [3.8, 4) is 0 Å². The van der Waals surface area contributed by atoms with Crippen LogP contribution in [0.4, 0.5) is 5.69 Å². The highest BCUT2D eigenvalue weighted by atomic mass is 32.2. The Hall–Kier alpha value is -3.24. The lowest BCUT2D eigenvalue weighted by atomic mass is 10.2. The van der Waals surface area contributed by atoms with E-state index in [9.17, 15) is 22.8 Å². The molecule has 3 aromatic rings. The van der Waals surface area contributed by atoms with E-state index in [-0.39, 0.29) is 21.4 Å². The molecule has 0 bridgehead atoms. The minimum absolute atomic E-state index is 0.0958. The third kappa shape index (κ3) is 3.79. The van der Waals surface area contributed by atoms with Crippen molar-refractivity contribution in [2.24, 2.45) is 0 Å². The van der Waals surface area contributed by atoms with Gasteiger partial charge in [-0.15, -0.1) is 0 Å². The van der Waals surface area contributed by atoms with Crippen LogP contribution in [0.25, 0.3) is 10.8 Å². The smallest absolute Gasteiger partial charge is 0.273 e. The van der Waals surface area contributed by atoms with Gasteiger partial charge in [-0.05, 0) is 43.2 Å². The number of anilines is 1. The number of carbonyl (C=O) groups excluding carboxylic acids is 1. The molecule has 1 aliphatic rings. The number of aromatic amines is 1. The molecule has 0 aliphatic carbocycles. The number of rotatable bonds is 5. The molecule has 1 saturated heterocycles. The first-order valence-electron chi connectivity index (χ1n) is 9.48. The van der Waals surface area contributed by atoms with Crippen molar-refractivity contribution in [1.82, 2.24) is 14.1 Å². The van der Waals surface area contributed by atoms with Crippen LogP contribution in [0.15, 0.2) is 63.0 Å². The molecule has 0 atom stereocenters. The third-order valence-corrected chi connectivity index (χ3v) is 6.90. The maximum Gasteiger partial charge on any atom is 0.273 e. The summed E-state index contributed by atoms with van der Waals surface area (Å²) in [5.74, 6) is -0.571. The fourth-order valence-corrected chi connectivity index (χ4v) is 5.08. The van der Waals surface area contributed by atoms with Crippen LogP contribution < -0.4 is 16.4 Å². The van der Waals surface area contributed by atoms with E-state index < -0.39 is 33.6 Å². The van der Waals surface area contributed by atoms with E-state index >= 15 is 0 Å². The molecule has 2 aromatic carbocycles. The van der Waals surface area contributed by atoms with Gasteiger partial charge in [0.2, 0.25) is 15.9 Å². The number of hydrogen-bond acceptors (Lipinski definition) is 5. The molecule has 9 nitrogen and oxygen atoms in total. The summed E-state index contributed by atoms with van der Waals surface area (Å²) in [5.41, 5.74) is -0.682. The highest BCUT2D eigenvalue weighted by molar-refractivity contribution is 7.89. The van der Waals surface area contributed by atoms with Gasteiger partial charge in [-0.2, -0.15) is 4.31 Å². The normalized spacial score (nSPS) is 14.8. The highest BCUT2D eigenvalue weighted by Crippen LogP contribution is 2.23. The van der Waals surface area contributed by atoms with E-state index in [0.717, 1.165) is 17.5 Å². The zero-order valence-corrected chi connectivity index (χ0v) is 16.8. The van der Waals surface area contributed by atoms with Gasteiger partial charge in [0, 0.05) is 18.8 Å². The van der Waals surface area contributed by atoms with E-state index in [0.29, 0.717) is 13.1 Å². The van der Waals surface area contributed by atoms with Gasteiger partial charge in [0.1, 0.15) is 6.54 Å². The zero-order valence-electron chi connectivity index (χ0n) is 16.0. The van der Waals surface area contributed by atoms with Crippen molar-refractivity contribution in [1.29, 1.82) is 0 Å². The molecule has 0 unspecified atom stereocenters. The molecular weight excluding hydrogens is 408 g/mol. The molecule has 1 fully saturated rings. The predicted octanol–water partition coefficient (Wildman–Crippen LogP) is 1.11. The van der Waals surface area contributed by atoms with Crippen molar-refractivity contribution in [3.63, 3.8) is 0 Å². The Balaban J connectivity index is 1.56. The fourth-order valence-electron chi connectivity index (χ4n) is 3.51. The van der Waals surface area contributed by atoms with Crippen molar-refractivity contribution in [3.05, 3.63) is 69.2 Å². The average Bonchev–Trinajstić information content (AvgIpc) is 3.28. The number of amides is 1. The zero-order chi connectivity index (χ0) is 21.3. The SMILES string of the molecule is O=C(Cn1[nH]c(=O)c2ccccc2c1=O)Nc1cccc(S(=O)(=O)N2CCCC2)c1. The number of sulfonamides is 1. The Labute approximate surface area is 172 Å². The van der Waals surface area contributed by atoms with Gasteiger partial charge in [0.05, 0.1) is 15.7 Å². The monoisotopic (exact) mass is 428 g/mol. The van der Waals surface area contributed by atoms with Gasteiger partial charge in [0.25, 0.3) is 11.1 Å². The topological polar surface area (TPSA) is 121 Å². The molecule has 0 spiro atoms. The molecule has 2 heterocycles. The van der Waals surface area contributed by atoms with Crippen LogP contribution in [0.1, 0.15) is 12.8 Å². The summed E-state index contributed by atoms with van der Waals surface area (Å²) in [5, 5.41) is 5.44. The number of fused-ring (bicyclic) bond motifs is 1. The Morgan fingerprint density at radius 1 is 1.00 bits per heavy atom. The number of nitrogens with zero attached hydrogens (tertiary/aromatic N) is 2. The van der Waals surface area contributed by atoms with Crippen molar-refractivity contribution >= 4 is 32.4 Å². The first-order valence-corrected chi connectivity index (χ1v) is 10.9. The molecular formula is C20H20N4O5S. The van der Waals surface area contributed by atoms with E-state index in [2.05, 4.69) is 10.4 Å². The Morgan fingerprint density at radius 2 is 1.70 bits per heavy atom. The first kappa shape index (κ1) is 20.0. The van der Waals surface area contributed by atoms with E-state index in [1.807, 2.05) is 0 Å². The van der Waals surface area contributed by atoms with Crippen LogP contribution in [0, 0.1) is 0 Å². The molecule has 0 radical (unpaired) electrons. The summed E-state index contributed by atoms with van der Waals surface area (Å²) < 4.78 is 27.8. The van der Waals surface area contributed by atoms with E-state index in [1.165, 1.54) is 28.6 Å². The summed E-state index contributed by atoms with van der Waals surface area (Å²) in [6, 6.07) is 12.3. The van der Waals surface area contributed by atoms with Gasteiger partial charge in [0.15, 0.2) is 0 Å². The quantitative estimate of drug-likeness (QED) is 0.631. The number of H-pyrrole nitrogens is 1. The van der Waals surface area contributed by atoms with Gasteiger partial charge in [-0.3, -0.25) is 19.5 Å². The van der Waals surface area contributed by atoms with E-state index in [4.69, 9.17) is 0 Å². The molecule has 2 N–H and O–H groups in total. The number of benzene rings is 2. The number of nitrogens with one attached hydrogen (secondary N) is 2. The van der Waals surface area contributed by atoms with Crippen LogP contribution >= 0.6 is 0 Å². The molecule has 4 rings (SSSR count). The second kappa shape index (κ2) is 7.88. The standard InChI is InChI=1S/C20H20N4O5S/c25-18(13-24-20(27)17-9-2-1-8-16(17)19(26)22-24)21-14-6-5-7-15(12-14)30(28,29)23-10-3-4-11-23/h1-2,5-9,12H,3-4,10-11,13H2,(H,21,25)(H,22,26). The number of hydrogen-bond donors (Lipinski definition) is 2. The Bertz CT molecular complexity index is 1340. The van der Waals surface area contributed by atoms with Gasteiger partial charge < -0.3 is 5.32 Å². The second-order valence-corrected chi connectivity index (χ2v) is 9.00. The van der Waals surface area contributed by atoms with Gasteiger partial charge in [-0.1, -0.05) is 18.2 Å². The van der Waals surface area contributed by atoms with Crippen LogP contribution in [0.3, 0.4) is 0 Å². The maximum atomic E-state index is 12.7. The lowest BCUT2D eigenvalue weighted by Gasteiger charge is -2.16. The largest absolute Gasteiger partial charge is 0.324 e. The fraction of sp³-hybridized carbons (Fsp3) is 0.250. The third-order valence-electron chi connectivity index (χ3n) is 5.01. The molecule has 30 heavy (non-hydrogen) atoms. The first-order chi connectivity index (χ1) is 14.4. The summed E-state index contributed by atoms with van der Waals surface area (Å²) in [6.45, 7) is 0.552. The molecule has 10 heteroatoms. The second-order valence-electron chi connectivity index (χ2n) is 7.07. The Kier molecular flexibility index (Phi) is 5.27. The van der Waals surface area contributed by atoms with E-state index in [1.54, 1.807) is 24.3 Å². The Morgan fingerprint density at radius 3 is 2.43 bits per heavy atom. The van der Waals surface area contributed by atoms with Gasteiger partial charge in [-0.25, -0.2) is 13.1 Å². The van der Waals surface area contributed by atoms with Gasteiger partial charge >= 0.3 is 0 Å². The average molecular weight is 428 g/mol. The van der Waals surface area contributed by atoms with Crippen LogP contribution in [-0.2, 0) is 21.4 Å². The lowest BCUT2D eigenvalue weighted by Crippen LogP contribution is -2.34. The van der Waals surface area contributed by atoms with Crippen molar-refractivity contribution in [2.45, 2.75) is 24.3 Å². The lowest BCUT2D eigenvalue weighted by molar-refractivity contribution is -0.117. The van der Waals surface area contributed by atoms with Crippen LogP contribution in [-0.4, -0.2) is 41.5 Å². The summed E-state index contributed by atoms with van der Waals surface area (Å²) >= 11 is 0. The van der Waals surface area contributed by atoms with Crippen LogP contribution in [0.2, 0.25) is 0 Å². The summed E-state index contributed by atoms with van der Waals surface area (Å²) in [4.78, 5) is 37.2. The van der Waals surface area contributed by atoms with Crippen LogP contribution in [0.5, 0.6) is 0 Å². The molecule has 1 aliphatic heterocycles. The molecule has 1 aromatic heterocycles. The highest BCUT2D eigenvalue weighted by Gasteiger charge is 2.27. The minimum atomic E-state index is -3.61. The maximum absolute atomic E-state index is 12.7. The summed E-state index contributed by atoms with van der Waals surface area (Å²) in [7, 11) is -3.61.